The molecule has 1 saturated carbocycles. The maximum atomic E-state index is 4.62. The van der Waals surface area contributed by atoms with Gasteiger partial charge in [0.25, 0.3) is 0 Å². The molecule has 0 spiro atoms. The molecule has 19 heavy (non-hydrogen) atoms. The van der Waals surface area contributed by atoms with Crippen LogP contribution in [0.15, 0.2) is 4.47 Å². The van der Waals surface area contributed by atoms with E-state index in [1.165, 1.54) is 42.3 Å². The Kier molecular flexibility index (Phi) is 5.46. The number of nitrogens with one attached hydrogen (secondary N) is 1. The van der Waals surface area contributed by atoms with Gasteiger partial charge in [0, 0.05) is 6.54 Å². The molecule has 3 nitrogen and oxygen atoms in total. The minimum absolute atomic E-state index is 0.805. The first-order valence-corrected chi connectivity index (χ1v) is 8.33. The molecule has 1 aliphatic rings. The minimum atomic E-state index is 0.805. The van der Waals surface area contributed by atoms with E-state index in [9.17, 15) is 0 Å². The molecule has 0 bridgehead atoms. The van der Waals surface area contributed by atoms with Gasteiger partial charge in [-0.2, -0.15) is 5.10 Å². The Morgan fingerprint density at radius 3 is 2.63 bits per heavy atom. The smallest absolute Gasteiger partial charge is 0.0738 e. The summed E-state index contributed by atoms with van der Waals surface area (Å²) in [6, 6.07) is 0. The predicted octanol–water partition coefficient (Wildman–Crippen LogP) is 3.54. The second-order valence-corrected chi connectivity index (χ2v) is 6.52. The summed E-state index contributed by atoms with van der Waals surface area (Å²) < 4.78 is 3.40. The Morgan fingerprint density at radius 1 is 1.32 bits per heavy atom. The van der Waals surface area contributed by atoms with Crippen LogP contribution in [0.4, 0.5) is 0 Å². The molecule has 0 aromatic carbocycles. The lowest BCUT2D eigenvalue weighted by Crippen LogP contribution is -2.30. The topological polar surface area (TPSA) is 29.9 Å². The first kappa shape index (κ1) is 15.0. The number of rotatable bonds is 5. The van der Waals surface area contributed by atoms with Gasteiger partial charge in [0.2, 0.25) is 0 Å². The first-order valence-electron chi connectivity index (χ1n) is 7.53. The quantitative estimate of drug-likeness (QED) is 0.896. The molecule has 0 saturated heterocycles. The van der Waals surface area contributed by atoms with Crippen LogP contribution in [0.3, 0.4) is 0 Å². The molecule has 2 atom stereocenters. The molecule has 1 aliphatic carbocycles. The minimum Gasteiger partial charge on any atom is -0.319 e. The van der Waals surface area contributed by atoms with Crippen LogP contribution >= 0.6 is 15.9 Å². The third kappa shape index (κ3) is 3.40. The zero-order chi connectivity index (χ0) is 13.8. The Hall–Kier alpha value is -0.350. The highest BCUT2D eigenvalue weighted by atomic mass is 79.9. The highest BCUT2D eigenvalue weighted by Crippen LogP contribution is 2.34. The maximum Gasteiger partial charge on any atom is 0.0738 e. The number of hydrogen-bond acceptors (Lipinski definition) is 2. The number of aryl methyl sites for hydroxylation is 2. The normalized spacial score (nSPS) is 23.8. The van der Waals surface area contributed by atoms with Crippen molar-refractivity contribution < 1.29 is 0 Å². The van der Waals surface area contributed by atoms with Crippen LogP contribution < -0.4 is 5.32 Å². The zero-order valence-corrected chi connectivity index (χ0v) is 14.0. The molecule has 2 rings (SSSR count). The predicted molar refractivity (Wildman–Crippen MR) is 83.4 cm³/mol. The van der Waals surface area contributed by atoms with Gasteiger partial charge in [-0.3, -0.25) is 4.68 Å². The molecule has 0 amide bonds. The Labute approximate surface area is 125 Å². The molecule has 1 aromatic heterocycles. The van der Waals surface area contributed by atoms with Crippen LogP contribution in [0.2, 0.25) is 0 Å². The summed E-state index contributed by atoms with van der Waals surface area (Å²) in [5.41, 5.74) is 2.52. The van der Waals surface area contributed by atoms with Crippen LogP contribution in [0.1, 0.15) is 44.0 Å². The van der Waals surface area contributed by atoms with Crippen molar-refractivity contribution in [2.75, 3.05) is 13.6 Å². The lowest BCUT2D eigenvalue weighted by molar-refractivity contribution is 0.228. The number of halogens is 1. The van der Waals surface area contributed by atoms with Crippen molar-refractivity contribution >= 4 is 15.9 Å². The van der Waals surface area contributed by atoms with Crippen LogP contribution in [0, 0.1) is 18.8 Å². The van der Waals surface area contributed by atoms with Crippen molar-refractivity contribution in [2.45, 2.75) is 52.5 Å². The summed E-state index contributed by atoms with van der Waals surface area (Å²) in [4.78, 5) is 0. The summed E-state index contributed by atoms with van der Waals surface area (Å²) in [6.45, 7) is 6.38. The Balaban J connectivity index is 2.14. The number of aromatic nitrogens is 2. The second kappa shape index (κ2) is 6.89. The van der Waals surface area contributed by atoms with E-state index in [0.717, 1.165) is 30.6 Å². The third-order valence-electron chi connectivity index (χ3n) is 4.44. The van der Waals surface area contributed by atoms with E-state index in [-0.39, 0.29) is 0 Å². The highest BCUT2D eigenvalue weighted by Gasteiger charge is 2.27. The molecule has 1 heterocycles. The summed E-state index contributed by atoms with van der Waals surface area (Å²) in [7, 11) is 2.07. The SMILES string of the molecule is CCn1nc(C)c(Br)c1CC1CCCCC1CNC. The van der Waals surface area contributed by atoms with Gasteiger partial charge in [-0.25, -0.2) is 0 Å². The fraction of sp³-hybridized carbons (Fsp3) is 0.800. The molecule has 0 aliphatic heterocycles. The largest absolute Gasteiger partial charge is 0.319 e. The molecular weight excluding hydrogens is 302 g/mol. The van der Waals surface area contributed by atoms with Gasteiger partial charge < -0.3 is 5.32 Å². The number of hydrogen-bond donors (Lipinski definition) is 1. The average Bonchev–Trinajstić information content (AvgIpc) is 2.69. The lowest BCUT2D eigenvalue weighted by atomic mass is 9.77. The fourth-order valence-electron chi connectivity index (χ4n) is 3.40. The second-order valence-electron chi connectivity index (χ2n) is 5.73. The van der Waals surface area contributed by atoms with Crippen LogP contribution in [0.5, 0.6) is 0 Å². The van der Waals surface area contributed by atoms with Crippen molar-refractivity contribution in [1.29, 1.82) is 0 Å². The standard InChI is InChI=1S/C15H26BrN3/c1-4-19-14(15(16)11(2)18-19)9-12-7-5-6-8-13(12)10-17-3/h12-13,17H,4-10H2,1-3H3. The molecule has 0 radical (unpaired) electrons. The van der Waals surface area contributed by atoms with E-state index in [0.29, 0.717) is 0 Å². The van der Waals surface area contributed by atoms with Gasteiger partial charge in [0.05, 0.1) is 15.9 Å². The van der Waals surface area contributed by atoms with E-state index in [1.54, 1.807) is 0 Å². The van der Waals surface area contributed by atoms with E-state index in [4.69, 9.17) is 0 Å². The molecule has 4 heteroatoms. The average molecular weight is 328 g/mol. The van der Waals surface area contributed by atoms with Gasteiger partial charge >= 0.3 is 0 Å². The summed E-state index contributed by atoms with van der Waals surface area (Å²) >= 11 is 3.73. The van der Waals surface area contributed by atoms with Gasteiger partial charge in [-0.15, -0.1) is 0 Å². The molecular formula is C15H26BrN3. The highest BCUT2D eigenvalue weighted by molar-refractivity contribution is 9.10. The van der Waals surface area contributed by atoms with E-state index < -0.39 is 0 Å². The third-order valence-corrected chi connectivity index (χ3v) is 5.47. The van der Waals surface area contributed by atoms with Crippen molar-refractivity contribution in [1.82, 2.24) is 15.1 Å². The van der Waals surface area contributed by atoms with E-state index in [1.807, 2.05) is 0 Å². The zero-order valence-electron chi connectivity index (χ0n) is 12.4. The van der Waals surface area contributed by atoms with Crippen molar-refractivity contribution in [3.63, 3.8) is 0 Å². The lowest BCUT2D eigenvalue weighted by Gasteiger charge is -2.31. The van der Waals surface area contributed by atoms with Gasteiger partial charge in [-0.05, 0) is 74.5 Å². The van der Waals surface area contributed by atoms with E-state index >= 15 is 0 Å². The summed E-state index contributed by atoms with van der Waals surface area (Å²) in [6.07, 6.45) is 6.70. The first-order chi connectivity index (χ1) is 9.17. The van der Waals surface area contributed by atoms with Gasteiger partial charge in [0.15, 0.2) is 0 Å². The molecule has 1 fully saturated rings. The van der Waals surface area contributed by atoms with Crippen molar-refractivity contribution in [3.05, 3.63) is 15.9 Å². The van der Waals surface area contributed by atoms with Crippen molar-refractivity contribution in [3.8, 4) is 0 Å². The van der Waals surface area contributed by atoms with Crippen LogP contribution in [-0.2, 0) is 13.0 Å². The monoisotopic (exact) mass is 327 g/mol. The maximum absolute atomic E-state index is 4.62. The molecule has 2 unspecified atom stereocenters. The summed E-state index contributed by atoms with van der Waals surface area (Å²) in [5.74, 6) is 1.63. The Morgan fingerprint density at radius 2 is 2.00 bits per heavy atom. The molecule has 108 valence electrons. The summed E-state index contributed by atoms with van der Waals surface area (Å²) in [5, 5.41) is 7.99. The Bertz CT molecular complexity index is 412. The number of nitrogens with zero attached hydrogens (tertiary/aromatic N) is 2. The van der Waals surface area contributed by atoms with Gasteiger partial charge in [-0.1, -0.05) is 12.8 Å². The van der Waals surface area contributed by atoms with Crippen LogP contribution in [0.25, 0.3) is 0 Å². The van der Waals surface area contributed by atoms with Crippen molar-refractivity contribution in [2.24, 2.45) is 11.8 Å². The van der Waals surface area contributed by atoms with Gasteiger partial charge in [0.1, 0.15) is 0 Å². The molecule has 1 aromatic rings. The molecule has 1 N–H and O–H groups in total. The van der Waals surface area contributed by atoms with E-state index in [2.05, 4.69) is 51.9 Å². The van der Waals surface area contributed by atoms with Crippen LogP contribution in [-0.4, -0.2) is 23.4 Å². The fourth-order valence-corrected chi connectivity index (χ4v) is 3.84.